The van der Waals surface area contributed by atoms with Crippen molar-refractivity contribution in [3.63, 3.8) is 0 Å². The van der Waals surface area contributed by atoms with Gasteiger partial charge >= 0.3 is 7.12 Å². The maximum Gasteiger partial charge on any atom is 0.494 e. The minimum Gasteiger partial charge on any atom is -0.399 e. The molecular formula is C24H24BNO2. The van der Waals surface area contributed by atoms with Crippen molar-refractivity contribution in [3.05, 3.63) is 72.9 Å². The van der Waals surface area contributed by atoms with Gasteiger partial charge in [-0.3, -0.25) is 0 Å². The predicted octanol–water partition coefficient (Wildman–Crippen LogP) is 5.08. The van der Waals surface area contributed by atoms with E-state index in [4.69, 9.17) is 9.31 Å². The molecule has 1 fully saturated rings. The molecule has 1 saturated heterocycles. The van der Waals surface area contributed by atoms with Crippen molar-refractivity contribution < 1.29 is 9.31 Å². The number of benzene rings is 3. The second-order valence-corrected chi connectivity index (χ2v) is 8.59. The Morgan fingerprint density at radius 2 is 1.50 bits per heavy atom. The highest BCUT2D eigenvalue weighted by molar-refractivity contribution is 6.62. The van der Waals surface area contributed by atoms with E-state index in [2.05, 4.69) is 105 Å². The number of nitrogens with zero attached hydrogens (tertiary/aromatic N) is 1. The van der Waals surface area contributed by atoms with Crippen LogP contribution in [0, 0.1) is 0 Å². The quantitative estimate of drug-likeness (QED) is 0.460. The smallest absolute Gasteiger partial charge is 0.399 e. The third kappa shape index (κ3) is 2.60. The average molecular weight is 369 g/mol. The zero-order valence-corrected chi connectivity index (χ0v) is 16.8. The topological polar surface area (TPSA) is 23.4 Å². The van der Waals surface area contributed by atoms with E-state index in [1.807, 2.05) is 0 Å². The lowest BCUT2D eigenvalue weighted by Crippen LogP contribution is -2.41. The summed E-state index contributed by atoms with van der Waals surface area (Å²) in [5.74, 6) is 0. The summed E-state index contributed by atoms with van der Waals surface area (Å²) in [6, 6.07) is 23.5. The van der Waals surface area contributed by atoms with Gasteiger partial charge in [0.1, 0.15) is 0 Å². The largest absolute Gasteiger partial charge is 0.494 e. The first-order chi connectivity index (χ1) is 13.4. The minimum atomic E-state index is -0.354. The predicted molar refractivity (Wildman–Crippen MR) is 116 cm³/mol. The summed E-state index contributed by atoms with van der Waals surface area (Å²) in [4.78, 5) is 0. The van der Waals surface area contributed by atoms with E-state index >= 15 is 0 Å². The van der Waals surface area contributed by atoms with Gasteiger partial charge in [-0.25, -0.2) is 0 Å². The van der Waals surface area contributed by atoms with Crippen LogP contribution >= 0.6 is 0 Å². The van der Waals surface area contributed by atoms with Crippen molar-refractivity contribution >= 4 is 34.3 Å². The molecule has 0 N–H and O–H groups in total. The highest BCUT2D eigenvalue weighted by Crippen LogP contribution is 2.36. The first-order valence-electron chi connectivity index (χ1n) is 9.81. The molecule has 140 valence electrons. The van der Waals surface area contributed by atoms with Crippen LogP contribution < -0.4 is 5.46 Å². The number of fused-ring (bicyclic) bond motifs is 3. The molecule has 0 bridgehead atoms. The van der Waals surface area contributed by atoms with Crippen LogP contribution in [0.2, 0.25) is 0 Å². The Kier molecular flexibility index (Phi) is 3.74. The van der Waals surface area contributed by atoms with E-state index in [9.17, 15) is 0 Å². The van der Waals surface area contributed by atoms with Crippen LogP contribution in [-0.2, 0) is 9.31 Å². The molecule has 0 saturated carbocycles. The van der Waals surface area contributed by atoms with E-state index in [-0.39, 0.29) is 18.3 Å². The fourth-order valence-electron chi connectivity index (χ4n) is 3.92. The summed E-state index contributed by atoms with van der Waals surface area (Å²) in [6.45, 7) is 8.34. The fraction of sp³-hybridized carbons (Fsp3) is 0.250. The van der Waals surface area contributed by atoms with Crippen molar-refractivity contribution in [2.45, 2.75) is 38.9 Å². The molecule has 0 atom stereocenters. The lowest BCUT2D eigenvalue weighted by atomic mass is 9.79. The molecule has 0 radical (unpaired) electrons. The minimum absolute atomic E-state index is 0.341. The van der Waals surface area contributed by atoms with Gasteiger partial charge in [0.2, 0.25) is 0 Å². The van der Waals surface area contributed by atoms with E-state index in [0.29, 0.717) is 0 Å². The van der Waals surface area contributed by atoms with Gasteiger partial charge in [-0.15, -0.1) is 0 Å². The summed E-state index contributed by atoms with van der Waals surface area (Å²) in [7, 11) is -0.354. The van der Waals surface area contributed by atoms with Gasteiger partial charge in [0.05, 0.1) is 16.7 Å². The number of hydrogen-bond acceptors (Lipinski definition) is 2. The Morgan fingerprint density at radius 3 is 2.29 bits per heavy atom. The Bertz CT molecular complexity index is 1180. The Balaban J connectivity index is 1.58. The third-order valence-corrected chi connectivity index (χ3v) is 6.27. The normalized spacial score (nSPS) is 18.2. The zero-order chi connectivity index (χ0) is 19.5. The molecule has 3 nitrogen and oxygen atoms in total. The van der Waals surface area contributed by atoms with Crippen LogP contribution in [0.25, 0.3) is 27.4 Å². The van der Waals surface area contributed by atoms with Gasteiger partial charge in [-0.2, -0.15) is 0 Å². The van der Waals surface area contributed by atoms with Crippen molar-refractivity contribution in [3.8, 4) is 5.69 Å². The first-order valence-corrected chi connectivity index (χ1v) is 9.81. The summed E-state index contributed by atoms with van der Waals surface area (Å²) in [5.41, 5.74) is 2.67. The lowest BCUT2D eigenvalue weighted by molar-refractivity contribution is 0.00578. The Hall–Kier alpha value is -2.56. The van der Waals surface area contributed by atoms with Crippen LogP contribution in [0.5, 0.6) is 0 Å². The molecule has 0 unspecified atom stereocenters. The van der Waals surface area contributed by atoms with Crippen LogP contribution in [0.1, 0.15) is 27.7 Å². The van der Waals surface area contributed by atoms with Crippen LogP contribution in [-0.4, -0.2) is 22.9 Å². The fourth-order valence-corrected chi connectivity index (χ4v) is 3.92. The molecule has 3 aromatic carbocycles. The summed E-state index contributed by atoms with van der Waals surface area (Å²) >= 11 is 0. The number of rotatable bonds is 2. The van der Waals surface area contributed by atoms with Gasteiger partial charge in [-0.05, 0) is 68.2 Å². The van der Waals surface area contributed by atoms with Gasteiger partial charge in [0, 0.05) is 17.3 Å². The average Bonchev–Trinajstić information content (AvgIpc) is 3.20. The Labute approximate surface area is 166 Å². The molecule has 5 rings (SSSR count). The Morgan fingerprint density at radius 1 is 0.750 bits per heavy atom. The standard InChI is InChI=1S/C24H24BNO2/c1-23(2)24(3,4)28-25(27-23)18-9-7-10-19(16-18)26-15-14-21-20-11-6-5-8-17(20)12-13-22(21)26/h5-16H,1-4H3. The zero-order valence-electron chi connectivity index (χ0n) is 16.8. The molecule has 0 amide bonds. The summed E-state index contributed by atoms with van der Waals surface area (Å²) in [5, 5.41) is 3.80. The van der Waals surface area contributed by atoms with Gasteiger partial charge in [-0.1, -0.05) is 42.5 Å². The maximum absolute atomic E-state index is 6.24. The van der Waals surface area contributed by atoms with Gasteiger partial charge in [0.15, 0.2) is 0 Å². The molecular weight excluding hydrogens is 345 g/mol. The van der Waals surface area contributed by atoms with E-state index < -0.39 is 0 Å². The first kappa shape index (κ1) is 17.5. The second-order valence-electron chi connectivity index (χ2n) is 8.59. The highest BCUT2D eigenvalue weighted by atomic mass is 16.7. The molecule has 2 heterocycles. The van der Waals surface area contributed by atoms with Crippen LogP contribution in [0.15, 0.2) is 72.9 Å². The third-order valence-electron chi connectivity index (χ3n) is 6.27. The van der Waals surface area contributed by atoms with Crippen molar-refractivity contribution in [1.29, 1.82) is 0 Å². The van der Waals surface area contributed by atoms with Crippen LogP contribution in [0.3, 0.4) is 0 Å². The van der Waals surface area contributed by atoms with Crippen LogP contribution in [0.4, 0.5) is 0 Å². The van der Waals surface area contributed by atoms with E-state index in [0.717, 1.165) is 11.2 Å². The molecule has 1 aliphatic rings. The molecule has 1 aliphatic heterocycles. The maximum atomic E-state index is 6.24. The monoisotopic (exact) mass is 369 g/mol. The molecule has 28 heavy (non-hydrogen) atoms. The number of aromatic nitrogens is 1. The number of hydrogen-bond donors (Lipinski definition) is 0. The summed E-state index contributed by atoms with van der Waals surface area (Å²) in [6.07, 6.45) is 2.14. The second kappa shape index (κ2) is 5.97. The van der Waals surface area contributed by atoms with E-state index in [1.54, 1.807) is 0 Å². The lowest BCUT2D eigenvalue weighted by Gasteiger charge is -2.32. The van der Waals surface area contributed by atoms with Gasteiger partial charge < -0.3 is 13.9 Å². The molecule has 4 heteroatoms. The molecule has 1 aromatic heterocycles. The molecule has 4 aromatic rings. The van der Waals surface area contributed by atoms with Crippen molar-refractivity contribution in [2.24, 2.45) is 0 Å². The highest BCUT2D eigenvalue weighted by Gasteiger charge is 2.51. The van der Waals surface area contributed by atoms with Crippen molar-refractivity contribution in [1.82, 2.24) is 4.57 Å². The van der Waals surface area contributed by atoms with E-state index in [1.165, 1.54) is 21.7 Å². The SMILES string of the molecule is CC1(C)OB(c2cccc(-n3ccc4c5ccccc5ccc43)c2)OC1(C)C. The molecule has 0 aliphatic carbocycles. The summed E-state index contributed by atoms with van der Waals surface area (Å²) < 4.78 is 14.7. The van der Waals surface area contributed by atoms with Crippen molar-refractivity contribution in [2.75, 3.05) is 0 Å². The molecule has 0 spiro atoms. The van der Waals surface area contributed by atoms with Gasteiger partial charge in [0.25, 0.3) is 0 Å².